The third kappa shape index (κ3) is 6.36. The van der Waals surface area contributed by atoms with Gasteiger partial charge in [-0.2, -0.15) is 0 Å². The first-order valence-electron chi connectivity index (χ1n) is 6.48. The largest absolute Gasteiger partial charge is 0.480 e. The first kappa shape index (κ1) is 19.7. The molecule has 0 unspecified atom stereocenters. The van der Waals surface area contributed by atoms with Crippen LogP contribution in [0.5, 0.6) is 0 Å². The number of aliphatic carboxylic acids is 1. The summed E-state index contributed by atoms with van der Waals surface area (Å²) in [6.07, 6.45) is -7.79. The Bertz CT molecular complexity index is 348. The first-order valence-corrected chi connectivity index (χ1v) is 6.48. The van der Waals surface area contributed by atoms with E-state index < -0.39 is 48.9 Å². The highest BCUT2D eigenvalue weighted by atomic mass is 16.4. The summed E-state index contributed by atoms with van der Waals surface area (Å²) in [6, 6.07) is -1.25. The van der Waals surface area contributed by atoms with Crippen LogP contribution in [0.25, 0.3) is 0 Å². The molecule has 0 heterocycles. The minimum absolute atomic E-state index is 0.0322. The molecule has 9 heteroatoms. The number of carboxylic acids is 1. The molecule has 21 heavy (non-hydrogen) atoms. The molecule has 1 amide bonds. The molecule has 0 saturated carbocycles. The molecule has 0 spiro atoms. The van der Waals surface area contributed by atoms with E-state index in [-0.39, 0.29) is 12.3 Å². The van der Waals surface area contributed by atoms with Gasteiger partial charge in [0.15, 0.2) is 6.10 Å². The molecule has 0 aromatic carbocycles. The van der Waals surface area contributed by atoms with Crippen molar-refractivity contribution in [3.05, 3.63) is 0 Å². The molecular weight excluding hydrogens is 286 g/mol. The second-order valence-corrected chi connectivity index (χ2v) is 5.20. The van der Waals surface area contributed by atoms with Crippen LogP contribution in [0.4, 0.5) is 0 Å². The van der Waals surface area contributed by atoms with E-state index in [0.29, 0.717) is 0 Å². The molecule has 0 saturated heterocycles. The molecule has 0 aromatic rings. The van der Waals surface area contributed by atoms with Crippen LogP contribution in [0.3, 0.4) is 0 Å². The van der Waals surface area contributed by atoms with Crippen LogP contribution in [0.1, 0.15) is 20.3 Å². The van der Waals surface area contributed by atoms with Crippen molar-refractivity contribution in [1.82, 2.24) is 5.32 Å². The quantitative estimate of drug-likeness (QED) is 0.237. The highest BCUT2D eigenvalue weighted by molar-refractivity contribution is 5.86. The number of rotatable bonds is 9. The topological polar surface area (TPSA) is 168 Å². The Hall–Kier alpha value is -1.26. The Labute approximate surface area is 121 Å². The van der Waals surface area contributed by atoms with Gasteiger partial charge >= 0.3 is 5.97 Å². The number of carbonyl (C=O) groups is 2. The lowest BCUT2D eigenvalue weighted by Gasteiger charge is -2.26. The SMILES string of the molecule is CC(C)C[C@H](NC(=O)[C@@H](O)[C@@H](O)[C@H](O)[C@H](O)CO)C(=O)O. The van der Waals surface area contributed by atoms with Gasteiger partial charge in [-0.1, -0.05) is 13.8 Å². The van der Waals surface area contributed by atoms with Gasteiger partial charge in [-0.25, -0.2) is 4.79 Å². The van der Waals surface area contributed by atoms with Crippen LogP contribution >= 0.6 is 0 Å². The highest BCUT2D eigenvalue weighted by Crippen LogP contribution is 2.08. The van der Waals surface area contributed by atoms with Gasteiger partial charge in [-0.15, -0.1) is 0 Å². The van der Waals surface area contributed by atoms with Crippen molar-refractivity contribution in [3.63, 3.8) is 0 Å². The van der Waals surface area contributed by atoms with Gasteiger partial charge in [0.25, 0.3) is 5.91 Å². The maximum atomic E-state index is 11.7. The van der Waals surface area contributed by atoms with E-state index in [4.69, 9.17) is 15.3 Å². The van der Waals surface area contributed by atoms with Gasteiger partial charge in [-0.05, 0) is 12.3 Å². The van der Waals surface area contributed by atoms with Crippen LogP contribution in [0, 0.1) is 5.92 Å². The van der Waals surface area contributed by atoms with E-state index in [1.165, 1.54) is 0 Å². The first-order chi connectivity index (χ1) is 9.61. The Morgan fingerprint density at radius 3 is 1.95 bits per heavy atom. The van der Waals surface area contributed by atoms with Gasteiger partial charge in [-0.3, -0.25) is 4.79 Å². The summed E-state index contributed by atoms with van der Waals surface area (Å²) < 4.78 is 0. The molecule has 0 aliphatic heterocycles. The summed E-state index contributed by atoms with van der Waals surface area (Å²) >= 11 is 0. The van der Waals surface area contributed by atoms with E-state index in [1.54, 1.807) is 13.8 Å². The van der Waals surface area contributed by atoms with Gasteiger partial charge in [0, 0.05) is 0 Å². The van der Waals surface area contributed by atoms with Crippen molar-refractivity contribution < 1.29 is 40.2 Å². The number of carboxylic acid groups (broad SMARTS) is 1. The lowest BCUT2D eigenvalue weighted by atomic mass is 10.0. The molecule has 0 rings (SSSR count). The maximum absolute atomic E-state index is 11.7. The summed E-state index contributed by atoms with van der Waals surface area (Å²) in [5.41, 5.74) is 0. The van der Waals surface area contributed by atoms with Gasteiger partial charge < -0.3 is 36.0 Å². The maximum Gasteiger partial charge on any atom is 0.326 e. The fourth-order valence-corrected chi connectivity index (χ4v) is 1.63. The Balaban J connectivity index is 4.71. The van der Waals surface area contributed by atoms with Crippen LogP contribution in [0.15, 0.2) is 0 Å². The zero-order valence-corrected chi connectivity index (χ0v) is 11.9. The van der Waals surface area contributed by atoms with Crippen molar-refractivity contribution in [1.29, 1.82) is 0 Å². The lowest BCUT2D eigenvalue weighted by Crippen LogP contribution is -2.54. The Kier molecular flexibility index (Phi) is 8.37. The van der Waals surface area contributed by atoms with E-state index in [9.17, 15) is 24.9 Å². The molecule has 0 radical (unpaired) electrons. The number of hydrogen-bond acceptors (Lipinski definition) is 7. The van der Waals surface area contributed by atoms with Crippen molar-refractivity contribution in [3.8, 4) is 0 Å². The fourth-order valence-electron chi connectivity index (χ4n) is 1.63. The summed E-state index contributed by atoms with van der Waals surface area (Å²) in [5.74, 6) is -2.52. The highest BCUT2D eigenvalue weighted by Gasteiger charge is 2.35. The van der Waals surface area contributed by atoms with Crippen molar-refractivity contribution in [2.45, 2.75) is 50.7 Å². The molecule has 0 aromatic heterocycles. The molecule has 0 fully saturated rings. The van der Waals surface area contributed by atoms with E-state index >= 15 is 0 Å². The zero-order valence-electron chi connectivity index (χ0n) is 11.9. The van der Waals surface area contributed by atoms with E-state index in [2.05, 4.69) is 0 Å². The molecule has 0 aliphatic carbocycles. The molecule has 5 atom stereocenters. The van der Waals surface area contributed by atoms with E-state index in [0.717, 1.165) is 0 Å². The number of nitrogens with one attached hydrogen (secondary N) is 1. The number of amides is 1. The second-order valence-electron chi connectivity index (χ2n) is 5.20. The number of hydrogen-bond donors (Lipinski definition) is 7. The van der Waals surface area contributed by atoms with Crippen molar-refractivity contribution >= 4 is 11.9 Å². The summed E-state index contributed by atoms with van der Waals surface area (Å²) in [5, 5.41) is 57.2. The molecule has 124 valence electrons. The standard InChI is InChI=1S/C12H23NO8/c1-5(2)3-6(12(20)21)13-11(19)10(18)9(17)8(16)7(15)4-14/h5-10,14-18H,3-4H2,1-2H3,(H,13,19)(H,20,21)/t6-,7+,8+,9-,10-/m0/s1. The lowest BCUT2D eigenvalue weighted by molar-refractivity contribution is -0.153. The number of carbonyl (C=O) groups excluding carboxylic acids is 1. The average molecular weight is 309 g/mol. The third-order valence-electron chi connectivity index (χ3n) is 2.85. The van der Waals surface area contributed by atoms with E-state index in [1.807, 2.05) is 5.32 Å². The minimum atomic E-state index is -2.14. The molecule has 7 N–H and O–H groups in total. The van der Waals surface area contributed by atoms with Gasteiger partial charge in [0.05, 0.1) is 6.61 Å². The second kappa shape index (κ2) is 8.90. The fraction of sp³-hybridized carbons (Fsp3) is 0.833. The van der Waals surface area contributed by atoms with Crippen LogP contribution in [-0.2, 0) is 9.59 Å². The Morgan fingerprint density at radius 2 is 1.57 bits per heavy atom. The molecule has 0 bridgehead atoms. The minimum Gasteiger partial charge on any atom is -0.480 e. The van der Waals surface area contributed by atoms with Crippen LogP contribution in [0.2, 0.25) is 0 Å². The van der Waals surface area contributed by atoms with Gasteiger partial charge in [0.2, 0.25) is 0 Å². The van der Waals surface area contributed by atoms with Crippen molar-refractivity contribution in [2.24, 2.45) is 5.92 Å². The smallest absolute Gasteiger partial charge is 0.326 e. The number of aliphatic hydroxyl groups excluding tert-OH is 5. The van der Waals surface area contributed by atoms with Crippen LogP contribution in [-0.4, -0.2) is 79.6 Å². The molecular formula is C12H23NO8. The van der Waals surface area contributed by atoms with Crippen LogP contribution < -0.4 is 5.32 Å². The third-order valence-corrected chi connectivity index (χ3v) is 2.85. The Morgan fingerprint density at radius 1 is 1.05 bits per heavy atom. The summed E-state index contributed by atoms with van der Waals surface area (Å²) in [6.45, 7) is 2.61. The summed E-state index contributed by atoms with van der Waals surface area (Å²) in [4.78, 5) is 22.6. The zero-order chi connectivity index (χ0) is 16.7. The molecule has 0 aliphatic rings. The van der Waals surface area contributed by atoms with Crippen molar-refractivity contribution in [2.75, 3.05) is 6.61 Å². The average Bonchev–Trinajstić information content (AvgIpc) is 2.42. The summed E-state index contributed by atoms with van der Waals surface area (Å²) in [7, 11) is 0. The monoisotopic (exact) mass is 309 g/mol. The predicted molar refractivity (Wildman–Crippen MR) is 70.1 cm³/mol. The number of aliphatic hydroxyl groups is 5. The predicted octanol–water partition coefficient (Wildman–Crippen LogP) is -2.96. The van der Waals surface area contributed by atoms with Gasteiger partial charge in [0.1, 0.15) is 24.4 Å². The molecule has 9 nitrogen and oxygen atoms in total. The normalized spacial score (nSPS) is 18.7.